The van der Waals surface area contributed by atoms with Crippen LogP contribution in [0.15, 0.2) is 54.3 Å². The fourth-order valence-corrected chi connectivity index (χ4v) is 3.84. The second kappa shape index (κ2) is 10.4. The Morgan fingerprint density at radius 1 is 1.16 bits per heavy atom. The fourth-order valence-electron chi connectivity index (χ4n) is 3.84. The largest absolute Gasteiger partial charge is 0.449 e. The Kier molecular flexibility index (Phi) is 7.14. The summed E-state index contributed by atoms with van der Waals surface area (Å²) >= 11 is 0. The number of quaternary nitrogens is 1. The SMILES string of the molecule is O=C(CN1C(=O)C(=Cc2cccc(F)c2)Oc2ccccc21)NCCC[NH+]1CCOCC1. The number of carbonyl (C=O) groups excluding carboxylic acids is 2. The number of nitrogens with one attached hydrogen (secondary N) is 2. The van der Waals surface area contributed by atoms with Gasteiger partial charge >= 0.3 is 0 Å². The van der Waals surface area contributed by atoms with E-state index in [2.05, 4.69) is 5.32 Å². The molecule has 168 valence electrons. The van der Waals surface area contributed by atoms with Crippen LogP contribution in [0.4, 0.5) is 10.1 Å². The number of fused-ring (bicyclic) bond motifs is 1. The molecule has 0 atom stereocenters. The van der Waals surface area contributed by atoms with Crippen LogP contribution in [0, 0.1) is 5.82 Å². The van der Waals surface area contributed by atoms with Crippen LogP contribution in [0.2, 0.25) is 0 Å². The summed E-state index contributed by atoms with van der Waals surface area (Å²) in [7, 11) is 0. The molecule has 32 heavy (non-hydrogen) atoms. The van der Waals surface area contributed by atoms with Crippen LogP contribution in [0.5, 0.6) is 5.75 Å². The second-order valence-electron chi connectivity index (χ2n) is 7.84. The molecule has 0 aliphatic carbocycles. The van der Waals surface area contributed by atoms with E-state index in [4.69, 9.17) is 9.47 Å². The summed E-state index contributed by atoms with van der Waals surface area (Å²) in [5.41, 5.74) is 1.03. The predicted octanol–water partition coefficient (Wildman–Crippen LogP) is 1.01. The van der Waals surface area contributed by atoms with Crippen molar-refractivity contribution in [2.24, 2.45) is 0 Å². The molecule has 1 saturated heterocycles. The van der Waals surface area contributed by atoms with Gasteiger partial charge in [-0.1, -0.05) is 24.3 Å². The quantitative estimate of drug-likeness (QED) is 0.498. The topological polar surface area (TPSA) is 72.3 Å². The Balaban J connectivity index is 1.41. The maximum Gasteiger partial charge on any atom is 0.294 e. The molecule has 2 aromatic rings. The number of nitrogens with zero attached hydrogens (tertiary/aromatic N) is 1. The first kappa shape index (κ1) is 22.0. The molecule has 7 nitrogen and oxygen atoms in total. The molecule has 2 aromatic carbocycles. The van der Waals surface area contributed by atoms with Crippen LogP contribution in [-0.2, 0) is 14.3 Å². The highest BCUT2D eigenvalue weighted by Gasteiger charge is 2.31. The number of morpholine rings is 1. The maximum absolute atomic E-state index is 13.5. The van der Waals surface area contributed by atoms with Gasteiger partial charge < -0.3 is 19.7 Å². The lowest BCUT2D eigenvalue weighted by atomic mass is 10.1. The highest BCUT2D eigenvalue weighted by atomic mass is 19.1. The van der Waals surface area contributed by atoms with E-state index in [1.165, 1.54) is 28.0 Å². The molecule has 0 aromatic heterocycles. The molecule has 0 bridgehead atoms. The average molecular weight is 440 g/mol. The van der Waals surface area contributed by atoms with Crippen molar-refractivity contribution >= 4 is 23.6 Å². The summed E-state index contributed by atoms with van der Waals surface area (Å²) in [4.78, 5) is 28.6. The monoisotopic (exact) mass is 440 g/mol. The molecule has 8 heteroatoms. The number of benzene rings is 2. The van der Waals surface area contributed by atoms with Crippen molar-refractivity contribution in [1.29, 1.82) is 0 Å². The highest BCUT2D eigenvalue weighted by Crippen LogP contribution is 2.35. The summed E-state index contributed by atoms with van der Waals surface area (Å²) in [5.74, 6) is -0.576. The average Bonchev–Trinajstić information content (AvgIpc) is 2.80. The van der Waals surface area contributed by atoms with Gasteiger partial charge in [-0.25, -0.2) is 4.39 Å². The lowest BCUT2D eigenvalue weighted by Gasteiger charge is -2.30. The number of amides is 2. The molecular weight excluding hydrogens is 413 g/mol. The van der Waals surface area contributed by atoms with Gasteiger partial charge in [-0.05, 0) is 35.9 Å². The molecule has 0 saturated carbocycles. The van der Waals surface area contributed by atoms with E-state index in [9.17, 15) is 14.0 Å². The molecule has 2 amide bonds. The lowest BCUT2D eigenvalue weighted by Crippen LogP contribution is -3.14. The number of hydrogen-bond donors (Lipinski definition) is 2. The van der Waals surface area contributed by atoms with Crippen molar-refractivity contribution in [3.05, 3.63) is 65.7 Å². The molecular formula is C24H27FN3O4+. The van der Waals surface area contributed by atoms with Crippen molar-refractivity contribution in [3.8, 4) is 5.75 Å². The van der Waals surface area contributed by atoms with Gasteiger partial charge in [-0.2, -0.15) is 0 Å². The number of hydrogen-bond acceptors (Lipinski definition) is 4. The van der Waals surface area contributed by atoms with Crippen LogP contribution < -0.4 is 19.9 Å². The summed E-state index contributed by atoms with van der Waals surface area (Å²) < 4.78 is 24.7. The Hall–Kier alpha value is -3.23. The Morgan fingerprint density at radius 3 is 2.78 bits per heavy atom. The van der Waals surface area contributed by atoms with Crippen LogP contribution in [0.3, 0.4) is 0 Å². The van der Waals surface area contributed by atoms with Gasteiger partial charge in [-0.3, -0.25) is 14.5 Å². The number of carbonyl (C=O) groups is 2. The first-order valence-electron chi connectivity index (χ1n) is 10.8. The van der Waals surface area contributed by atoms with E-state index in [-0.39, 0.29) is 18.2 Å². The second-order valence-corrected chi connectivity index (χ2v) is 7.84. The zero-order valence-corrected chi connectivity index (χ0v) is 17.8. The minimum atomic E-state index is -0.444. The normalized spacial score (nSPS) is 17.7. The Bertz CT molecular complexity index is 1000. The van der Waals surface area contributed by atoms with E-state index >= 15 is 0 Å². The standard InChI is InChI=1S/C24H26FN3O4/c25-19-6-3-5-18(15-19)16-22-24(30)28(20-7-1-2-8-21(20)32-22)17-23(29)26-9-4-10-27-11-13-31-14-12-27/h1-3,5-8,15-16H,4,9-14,17H2,(H,26,29)/p+1. The van der Waals surface area contributed by atoms with Gasteiger partial charge in [0, 0.05) is 13.0 Å². The maximum atomic E-state index is 13.5. The van der Waals surface area contributed by atoms with Gasteiger partial charge in [-0.15, -0.1) is 0 Å². The van der Waals surface area contributed by atoms with Gasteiger partial charge in [0.05, 0.1) is 25.4 Å². The third-order valence-corrected chi connectivity index (χ3v) is 5.51. The number of anilines is 1. The summed E-state index contributed by atoms with van der Waals surface area (Å²) in [6.07, 6.45) is 2.34. The van der Waals surface area contributed by atoms with Crippen LogP contribution in [0.1, 0.15) is 12.0 Å². The first-order valence-corrected chi connectivity index (χ1v) is 10.8. The Labute approximate surface area is 186 Å². The van der Waals surface area contributed by atoms with Crippen LogP contribution in [0.25, 0.3) is 6.08 Å². The van der Waals surface area contributed by atoms with Crippen molar-refractivity contribution < 1.29 is 28.4 Å². The highest BCUT2D eigenvalue weighted by molar-refractivity contribution is 6.12. The molecule has 1 fully saturated rings. The molecule has 4 rings (SSSR count). The van der Waals surface area contributed by atoms with Crippen molar-refractivity contribution in [2.75, 3.05) is 50.8 Å². The third-order valence-electron chi connectivity index (χ3n) is 5.51. The number of para-hydroxylation sites is 2. The molecule has 0 unspecified atom stereocenters. The first-order chi connectivity index (χ1) is 15.6. The molecule has 0 spiro atoms. The van der Waals surface area contributed by atoms with Gasteiger partial charge in [0.25, 0.3) is 5.91 Å². The van der Waals surface area contributed by atoms with Crippen molar-refractivity contribution in [2.45, 2.75) is 6.42 Å². The lowest BCUT2D eigenvalue weighted by molar-refractivity contribution is -0.908. The molecule has 0 radical (unpaired) electrons. The number of halogens is 1. The van der Waals surface area contributed by atoms with E-state index in [1.54, 1.807) is 36.4 Å². The number of ether oxygens (including phenoxy) is 2. The minimum absolute atomic E-state index is 0.0398. The smallest absolute Gasteiger partial charge is 0.294 e. The molecule has 2 heterocycles. The summed E-state index contributed by atoms with van der Waals surface area (Å²) in [6, 6.07) is 12.9. The Morgan fingerprint density at radius 2 is 1.97 bits per heavy atom. The van der Waals surface area contributed by atoms with Crippen LogP contribution >= 0.6 is 0 Å². The van der Waals surface area contributed by atoms with Gasteiger partial charge in [0.2, 0.25) is 5.91 Å². The molecule has 2 N–H and O–H groups in total. The van der Waals surface area contributed by atoms with E-state index in [1.807, 2.05) is 0 Å². The van der Waals surface area contributed by atoms with Gasteiger partial charge in [0.1, 0.15) is 25.5 Å². The van der Waals surface area contributed by atoms with Crippen molar-refractivity contribution in [3.63, 3.8) is 0 Å². The van der Waals surface area contributed by atoms with Gasteiger partial charge in [0.15, 0.2) is 11.5 Å². The summed E-state index contributed by atoms with van der Waals surface area (Å²) in [5, 5.41) is 2.91. The zero-order valence-electron chi connectivity index (χ0n) is 17.8. The minimum Gasteiger partial charge on any atom is -0.449 e. The van der Waals surface area contributed by atoms with Crippen LogP contribution in [-0.4, -0.2) is 57.8 Å². The third kappa shape index (κ3) is 5.52. The van der Waals surface area contributed by atoms with E-state index in [0.717, 1.165) is 39.3 Å². The van der Waals surface area contributed by atoms with E-state index < -0.39 is 11.7 Å². The predicted molar refractivity (Wildman–Crippen MR) is 118 cm³/mol. The van der Waals surface area contributed by atoms with Crippen molar-refractivity contribution in [1.82, 2.24) is 5.32 Å². The fraction of sp³-hybridized carbons (Fsp3) is 0.333. The summed E-state index contributed by atoms with van der Waals surface area (Å²) in [6.45, 7) is 4.96. The zero-order chi connectivity index (χ0) is 22.3. The number of rotatable bonds is 7. The molecule has 2 aliphatic heterocycles. The van der Waals surface area contributed by atoms with E-state index in [0.29, 0.717) is 23.5 Å². The molecule has 2 aliphatic rings.